The normalized spacial score (nSPS) is 20.1. The van der Waals surface area contributed by atoms with E-state index in [1.807, 2.05) is 19.9 Å². The van der Waals surface area contributed by atoms with Crippen LogP contribution in [0.5, 0.6) is 0 Å². The van der Waals surface area contributed by atoms with Crippen molar-refractivity contribution in [1.29, 1.82) is 0 Å². The topological polar surface area (TPSA) is 49.3 Å². The van der Waals surface area contributed by atoms with Crippen molar-refractivity contribution in [3.05, 3.63) is 11.6 Å². The second-order valence-electron chi connectivity index (χ2n) is 5.20. The first-order valence-corrected chi connectivity index (χ1v) is 6.69. The summed E-state index contributed by atoms with van der Waals surface area (Å²) in [5.74, 6) is 0.00486. The molecule has 0 spiro atoms. The summed E-state index contributed by atoms with van der Waals surface area (Å²) in [5, 5.41) is 12.5. The number of allylic oxidation sites excluding steroid dienone is 1. The lowest BCUT2D eigenvalue weighted by molar-refractivity contribution is -0.118. The Kier molecular flexibility index (Phi) is 5.69. The van der Waals surface area contributed by atoms with Crippen molar-refractivity contribution in [2.75, 3.05) is 13.2 Å². The molecule has 2 N–H and O–H groups in total. The molecular weight excluding hydrogens is 214 g/mol. The Morgan fingerprint density at radius 1 is 1.35 bits per heavy atom. The molecule has 1 amide bonds. The van der Waals surface area contributed by atoms with Gasteiger partial charge in [0.2, 0.25) is 5.91 Å². The maximum Gasteiger partial charge on any atom is 0.246 e. The third-order valence-electron chi connectivity index (χ3n) is 3.74. The van der Waals surface area contributed by atoms with Crippen LogP contribution < -0.4 is 5.32 Å². The summed E-state index contributed by atoms with van der Waals surface area (Å²) in [6.07, 6.45) is 8.46. The number of rotatable bonds is 5. The van der Waals surface area contributed by atoms with E-state index in [1.54, 1.807) is 0 Å². The van der Waals surface area contributed by atoms with Gasteiger partial charge in [0.1, 0.15) is 0 Å². The lowest BCUT2D eigenvalue weighted by Crippen LogP contribution is -2.41. The average Bonchev–Trinajstić information content (AvgIpc) is 2.37. The van der Waals surface area contributed by atoms with Gasteiger partial charge in [-0.1, -0.05) is 32.3 Å². The Hall–Kier alpha value is -0.830. The van der Waals surface area contributed by atoms with Gasteiger partial charge in [-0.15, -0.1) is 0 Å². The van der Waals surface area contributed by atoms with E-state index in [0.29, 0.717) is 6.54 Å². The predicted molar refractivity (Wildman–Crippen MR) is 69.7 cm³/mol. The Morgan fingerprint density at radius 3 is 2.53 bits per heavy atom. The molecule has 0 bridgehead atoms. The van der Waals surface area contributed by atoms with Crippen molar-refractivity contribution < 1.29 is 9.90 Å². The Morgan fingerprint density at radius 2 is 2.00 bits per heavy atom. The second-order valence-corrected chi connectivity index (χ2v) is 5.20. The third-order valence-corrected chi connectivity index (χ3v) is 3.74. The number of amides is 1. The van der Waals surface area contributed by atoms with Crippen LogP contribution in [0.15, 0.2) is 11.6 Å². The van der Waals surface area contributed by atoms with Gasteiger partial charge in [0.15, 0.2) is 0 Å². The molecule has 1 rings (SSSR count). The fourth-order valence-electron chi connectivity index (χ4n) is 2.50. The van der Waals surface area contributed by atoms with Gasteiger partial charge >= 0.3 is 0 Å². The Labute approximate surface area is 104 Å². The highest BCUT2D eigenvalue weighted by molar-refractivity contribution is 5.92. The van der Waals surface area contributed by atoms with Crippen LogP contribution >= 0.6 is 0 Å². The van der Waals surface area contributed by atoms with Crippen LogP contribution in [-0.4, -0.2) is 24.2 Å². The minimum absolute atomic E-state index is 0.00486. The fraction of sp³-hybridized carbons (Fsp3) is 0.786. The quantitative estimate of drug-likeness (QED) is 0.724. The van der Waals surface area contributed by atoms with Gasteiger partial charge in [-0.25, -0.2) is 0 Å². The molecule has 0 heterocycles. The van der Waals surface area contributed by atoms with E-state index >= 15 is 0 Å². The Balaban J connectivity index is 2.47. The van der Waals surface area contributed by atoms with E-state index in [1.165, 1.54) is 19.3 Å². The van der Waals surface area contributed by atoms with Gasteiger partial charge in [0.25, 0.3) is 0 Å². The molecule has 0 radical (unpaired) electrons. The molecule has 0 unspecified atom stereocenters. The molecule has 17 heavy (non-hydrogen) atoms. The van der Waals surface area contributed by atoms with Gasteiger partial charge in [-0.2, -0.15) is 0 Å². The van der Waals surface area contributed by atoms with E-state index in [9.17, 15) is 9.90 Å². The molecule has 1 fully saturated rings. The number of aliphatic hydroxyl groups excluding tert-OH is 1. The first-order chi connectivity index (χ1) is 8.13. The smallest absolute Gasteiger partial charge is 0.246 e. The molecule has 1 saturated carbocycles. The van der Waals surface area contributed by atoms with E-state index < -0.39 is 0 Å². The zero-order valence-electron chi connectivity index (χ0n) is 11.1. The SMILES string of the molecule is CC/C=C(/C)C(=O)NCC1(CO)CCCCC1. The number of nitrogens with one attached hydrogen (secondary N) is 1. The number of carbonyl (C=O) groups excluding carboxylic acids is 1. The lowest BCUT2D eigenvalue weighted by atomic mass is 9.74. The minimum atomic E-state index is -0.0690. The van der Waals surface area contributed by atoms with Crippen LogP contribution in [0.1, 0.15) is 52.4 Å². The van der Waals surface area contributed by atoms with Crippen LogP contribution in [-0.2, 0) is 4.79 Å². The van der Waals surface area contributed by atoms with Crippen LogP contribution in [0.3, 0.4) is 0 Å². The summed E-state index contributed by atoms with van der Waals surface area (Å²) < 4.78 is 0. The predicted octanol–water partition coefficient (Wildman–Crippen LogP) is 2.40. The van der Waals surface area contributed by atoms with Crippen molar-refractivity contribution in [3.8, 4) is 0 Å². The molecule has 0 aromatic rings. The standard InChI is InChI=1S/C14H25NO2/c1-3-7-12(2)13(17)15-10-14(11-16)8-5-4-6-9-14/h7,16H,3-6,8-11H2,1-2H3,(H,15,17)/b12-7-. The zero-order chi connectivity index (χ0) is 12.7. The van der Waals surface area contributed by atoms with Crippen LogP contribution in [0.25, 0.3) is 0 Å². The molecule has 1 aliphatic carbocycles. The van der Waals surface area contributed by atoms with Crippen molar-refractivity contribution in [1.82, 2.24) is 5.32 Å². The van der Waals surface area contributed by atoms with Crippen molar-refractivity contribution in [2.24, 2.45) is 5.41 Å². The monoisotopic (exact) mass is 239 g/mol. The van der Waals surface area contributed by atoms with Crippen molar-refractivity contribution in [2.45, 2.75) is 52.4 Å². The largest absolute Gasteiger partial charge is 0.396 e. The lowest BCUT2D eigenvalue weighted by Gasteiger charge is -2.35. The van der Waals surface area contributed by atoms with E-state index in [-0.39, 0.29) is 17.9 Å². The van der Waals surface area contributed by atoms with E-state index in [2.05, 4.69) is 5.32 Å². The van der Waals surface area contributed by atoms with Gasteiger partial charge < -0.3 is 10.4 Å². The third kappa shape index (κ3) is 4.15. The number of hydrogen-bond donors (Lipinski definition) is 2. The van der Waals surface area contributed by atoms with Crippen molar-refractivity contribution >= 4 is 5.91 Å². The first-order valence-electron chi connectivity index (χ1n) is 6.69. The summed E-state index contributed by atoms with van der Waals surface area (Å²) in [7, 11) is 0. The summed E-state index contributed by atoms with van der Waals surface area (Å²) in [6.45, 7) is 4.65. The molecule has 0 aromatic heterocycles. The van der Waals surface area contributed by atoms with Gasteiger partial charge in [-0.05, 0) is 26.2 Å². The number of carbonyl (C=O) groups is 1. The highest BCUT2D eigenvalue weighted by Crippen LogP contribution is 2.35. The molecular formula is C14H25NO2. The van der Waals surface area contributed by atoms with Crippen LogP contribution in [0, 0.1) is 5.41 Å². The molecule has 1 aliphatic rings. The van der Waals surface area contributed by atoms with Crippen LogP contribution in [0.2, 0.25) is 0 Å². The molecule has 0 atom stereocenters. The van der Waals surface area contributed by atoms with Crippen LogP contribution in [0.4, 0.5) is 0 Å². The maximum absolute atomic E-state index is 11.8. The highest BCUT2D eigenvalue weighted by atomic mass is 16.3. The molecule has 98 valence electrons. The van der Waals surface area contributed by atoms with E-state index in [0.717, 1.165) is 24.8 Å². The number of aliphatic hydroxyl groups is 1. The highest BCUT2D eigenvalue weighted by Gasteiger charge is 2.31. The zero-order valence-corrected chi connectivity index (χ0v) is 11.1. The maximum atomic E-state index is 11.8. The molecule has 3 nitrogen and oxygen atoms in total. The second kappa shape index (κ2) is 6.80. The minimum Gasteiger partial charge on any atom is -0.396 e. The first kappa shape index (κ1) is 14.2. The molecule has 0 saturated heterocycles. The van der Waals surface area contributed by atoms with Crippen molar-refractivity contribution in [3.63, 3.8) is 0 Å². The fourth-order valence-corrected chi connectivity index (χ4v) is 2.50. The molecule has 0 aromatic carbocycles. The van der Waals surface area contributed by atoms with E-state index in [4.69, 9.17) is 0 Å². The summed E-state index contributed by atoms with van der Waals surface area (Å²) >= 11 is 0. The van der Waals surface area contributed by atoms with Gasteiger partial charge in [0.05, 0.1) is 6.61 Å². The summed E-state index contributed by atoms with van der Waals surface area (Å²) in [5.41, 5.74) is 0.705. The summed E-state index contributed by atoms with van der Waals surface area (Å²) in [6, 6.07) is 0. The molecule has 3 heteroatoms. The summed E-state index contributed by atoms with van der Waals surface area (Å²) in [4.78, 5) is 11.8. The number of hydrogen-bond acceptors (Lipinski definition) is 2. The Bertz CT molecular complexity index is 278. The average molecular weight is 239 g/mol. The van der Waals surface area contributed by atoms with Gasteiger partial charge in [-0.3, -0.25) is 4.79 Å². The molecule has 0 aliphatic heterocycles. The van der Waals surface area contributed by atoms with Gasteiger partial charge in [0, 0.05) is 17.5 Å².